The third-order valence-corrected chi connectivity index (χ3v) is 3.60. The van der Waals surface area contributed by atoms with Crippen LogP contribution in [0, 0.1) is 0 Å². The van der Waals surface area contributed by atoms with Gasteiger partial charge in [0.25, 0.3) is 0 Å². The molecule has 1 aromatic carbocycles. The summed E-state index contributed by atoms with van der Waals surface area (Å²) in [5.41, 5.74) is 2.91. The highest BCUT2D eigenvalue weighted by Crippen LogP contribution is 2.27. The Kier molecular flexibility index (Phi) is 5.02. The number of aryl methyl sites for hydroxylation is 1. The van der Waals surface area contributed by atoms with Gasteiger partial charge in [0.15, 0.2) is 0 Å². The first-order valence-corrected chi connectivity index (χ1v) is 6.87. The summed E-state index contributed by atoms with van der Waals surface area (Å²) in [5, 5.41) is 3.45. The molecule has 1 N–H and O–H groups in total. The first kappa shape index (κ1) is 13.4. The van der Waals surface area contributed by atoms with E-state index in [1.165, 1.54) is 30.6 Å². The Morgan fingerprint density at radius 3 is 3.06 bits per heavy atom. The van der Waals surface area contributed by atoms with E-state index in [0.29, 0.717) is 6.04 Å². The van der Waals surface area contributed by atoms with E-state index in [1.54, 1.807) is 7.11 Å². The highest BCUT2D eigenvalue weighted by Gasteiger charge is 2.20. The van der Waals surface area contributed by atoms with Crippen molar-refractivity contribution in [2.75, 3.05) is 38.3 Å². The minimum atomic E-state index is 0.531. The van der Waals surface area contributed by atoms with Crippen LogP contribution >= 0.6 is 0 Å². The number of benzene rings is 1. The Morgan fingerprint density at radius 2 is 2.22 bits per heavy atom. The van der Waals surface area contributed by atoms with Gasteiger partial charge in [0.1, 0.15) is 0 Å². The first-order chi connectivity index (χ1) is 8.83. The van der Waals surface area contributed by atoms with Gasteiger partial charge in [0, 0.05) is 38.5 Å². The quantitative estimate of drug-likeness (QED) is 0.780. The summed E-state index contributed by atoms with van der Waals surface area (Å²) in [7, 11) is 1.74. The molecule has 0 fully saturated rings. The van der Waals surface area contributed by atoms with Crippen LogP contribution in [0.15, 0.2) is 24.3 Å². The third kappa shape index (κ3) is 3.24. The van der Waals surface area contributed by atoms with Gasteiger partial charge in [0.2, 0.25) is 0 Å². The zero-order valence-corrected chi connectivity index (χ0v) is 11.5. The van der Waals surface area contributed by atoms with Gasteiger partial charge in [-0.25, -0.2) is 0 Å². The highest BCUT2D eigenvalue weighted by molar-refractivity contribution is 5.56. The molecule has 0 saturated carbocycles. The molecule has 1 heterocycles. The fourth-order valence-electron chi connectivity index (χ4n) is 2.62. The Labute approximate surface area is 110 Å². The molecule has 0 amide bonds. The summed E-state index contributed by atoms with van der Waals surface area (Å²) in [4.78, 5) is 2.53. The normalized spacial score (nSPS) is 16.4. The summed E-state index contributed by atoms with van der Waals surface area (Å²) in [6.45, 7) is 6.18. The fraction of sp³-hybridized carbons (Fsp3) is 0.600. The topological polar surface area (TPSA) is 24.5 Å². The average molecular weight is 248 g/mol. The molecule has 3 heteroatoms. The molecule has 0 spiro atoms. The fourth-order valence-corrected chi connectivity index (χ4v) is 2.62. The molecule has 3 nitrogen and oxygen atoms in total. The molecule has 0 radical (unpaired) electrons. The van der Waals surface area contributed by atoms with Crippen LogP contribution in [-0.2, 0) is 11.2 Å². The molecule has 1 aromatic rings. The second kappa shape index (κ2) is 6.76. The lowest BCUT2D eigenvalue weighted by molar-refractivity contribution is 0.199. The lowest BCUT2D eigenvalue weighted by Crippen LogP contribution is -2.43. The van der Waals surface area contributed by atoms with Crippen molar-refractivity contribution in [3.05, 3.63) is 29.8 Å². The van der Waals surface area contributed by atoms with E-state index in [-0.39, 0.29) is 0 Å². The van der Waals surface area contributed by atoms with E-state index in [2.05, 4.69) is 41.4 Å². The average Bonchev–Trinajstić information content (AvgIpc) is 2.43. The zero-order valence-electron chi connectivity index (χ0n) is 11.5. The predicted octanol–water partition coefficient (Wildman–Crippen LogP) is 2.06. The molecule has 0 bridgehead atoms. The molecule has 0 aromatic heterocycles. The molecule has 1 aliphatic rings. The Balaban J connectivity index is 1.93. The maximum absolute atomic E-state index is 5.05. The van der Waals surface area contributed by atoms with Gasteiger partial charge >= 0.3 is 0 Å². The van der Waals surface area contributed by atoms with Crippen LogP contribution < -0.4 is 10.2 Å². The lowest BCUT2D eigenvalue weighted by Gasteiger charge is -2.36. The number of nitrogens with one attached hydrogen (secondary N) is 1. The highest BCUT2D eigenvalue weighted by atomic mass is 16.5. The molecule has 1 atom stereocenters. The van der Waals surface area contributed by atoms with Crippen molar-refractivity contribution in [1.29, 1.82) is 0 Å². The third-order valence-electron chi connectivity index (χ3n) is 3.60. The maximum Gasteiger partial charge on any atom is 0.0587 e. The number of fused-ring (bicyclic) bond motifs is 1. The summed E-state index contributed by atoms with van der Waals surface area (Å²) in [5.74, 6) is 0. The molecule has 18 heavy (non-hydrogen) atoms. The van der Waals surface area contributed by atoms with E-state index < -0.39 is 0 Å². The number of nitrogens with zero attached hydrogens (tertiary/aromatic N) is 1. The van der Waals surface area contributed by atoms with Gasteiger partial charge < -0.3 is 15.0 Å². The maximum atomic E-state index is 5.05. The van der Waals surface area contributed by atoms with Crippen molar-refractivity contribution >= 4 is 5.69 Å². The summed E-state index contributed by atoms with van der Waals surface area (Å²) in [6.07, 6.45) is 2.48. The summed E-state index contributed by atoms with van der Waals surface area (Å²) in [6, 6.07) is 9.32. The predicted molar refractivity (Wildman–Crippen MR) is 76.3 cm³/mol. The molecular weight excluding hydrogens is 224 g/mol. The monoisotopic (exact) mass is 248 g/mol. The van der Waals surface area contributed by atoms with E-state index in [1.807, 2.05) is 0 Å². The lowest BCUT2D eigenvalue weighted by atomic mass is 10.0. The standard InChI is InChI=1S/C15H24N2O/c1-13(12-16-9-11-18-2)17-10-5-7-14-6-3-4-8-15(14)17/h3-4,6,8,13,16H,5,7,9-12H2,1-2H3. The van der Waals surface area contributed by atoms with Crippen molar-refractivity contribution < 1.29 is 4.74 Å². The molecular formula is C15H24N2O. The molecule has 1 aliphatic heterocycles. The second-order valence-corrected chi connectivity index (χ2v) is 4.97. The van der Waals surface area contributed by atoms with E-state index in [9.17, 15) is 0 Å². The van der Waals surface area contributed by atoms with Gasteiger partial charge in [-0.3, -0.25) is 0 Å². The van der Waals surface area contributed by atoms with Crippen LogP contribution in [0.2, 0.25) is 0 Å². The van der Waals surface area contributed by atoms with Crippen LogP contribution in [0.1, 0.15) is 18.9 Å². The Bertz CT molecular complexity index is 367. The smallest absolute Gasteiger partial charge is 0.0587 e. The van der Waals surface area contributed by atoms with Gasteiger partial charge in [-0.2, -0.15) is 0 Å². The van der Waals surface area contributed by atoms with Crippen molar-refractivity contribution in [3.8, 4) is 0 Å². The number of ether oxygens (including phenoxy) is 1. The number of methoxy groups -OCH3 is 1. The SMILES string of the molecule is COCCNCC(C)N1CCCc2ccccc21. The summed E-state index contributed by atoms with van der Waals surface area (Å²) < 4.78 is 5.05. The number of rotatable bonds is 6. The van der Waals surface area contributed by atoms with Crippen LogP contribution in [0.5, 0.6) is 0 Å². The largest absolute Gasteiger partial charge is 0.383 e. The molecule has 0 aliphatic carbocycles. The van der Waals surface area contributed by atoms with E-state index >= 15 is 0 Å². The molecule has 2 rings (SSSR count). The Morgan fingerprint density at radius 1 is 1.39 bits per heavy atom. The Hall–Kier alpha value is -1.06. The summed E-state index contributed by atoms with van der Waals surface area (Å²) >= 11 is 0. The van der Waals surface area contributed by atoms with Gasteiger partial charge in [-0.1, -0.05) is 18.2 Å². The van der Waals surface area contributed by atoms with Gasteiger partial charge in [-0.05, 0) is 31.4 Å². The number of hydrogen-bond acceptors (Lipinski definition) is 3. The zero-order chi connectivity index (χ0) is 12.8. The van der Waals surface area contributed by atoms with Gasteiger partial charge in [-0.15, -0.1) is 0 Å². The van der Waals surface area contributed by atoms with Crippen molar-refractivity contribution in [2.45, 2.75) is 25.8 Å². The number of anilines is 1. The minimum absolute atomic E-state index is 0.531. The van der Waals surface area contributed by atoms with Crippen LogP contribution in [0.3, 0.4) is 0 Å². The molecule has 1 unspecified atom stereocenters. The van der Waals surface area contributed by atoms with Gasteiger partial charge in [0.05, 0.1) is 6.61 Å². The number of para-hydroxylation sites is 1. The van der Waals surface area contributed by atoms with Crippen molar-refractivity contribution in [2.24, 2.45) is 0 Å². The molecule has 0 saturated heterocycles. The van der Waals surface area contributed by atoms with Crippen LogP contribution in [0.4, 0.5) is 5.69 Å². The number of hydrogen-bond donors (Lipinski definition) is 1. The van der Waals surface area contributed by atoms with Crippen LogP contribution in [0.25, 0.3) is 0 Å². The van der Waals surface area contributed by atoms with E-state index in [4.69, 9.17) is 4.74 Å². The van der Waals surface area contributed by atoms with Crippen LogP contribution in [-0.4, -0.2) is 39.4 Å². The minimum Gasteiger partial charge on any atom is -0.383 e. The molecule has 100 valence electrons. The van der Waals surface area contributed by atoms with Crippen molar-refractivity contribution in [3.63, 3.8) is 0 Å². The van der Waals surface area contributed by atoms with Crippen molar-refractivity contribution in [1.82, 2.24) is 5.32 Å². The van der Waals surface area contributed by atoms with E-state index in [0.717, 1.165) is 19.7 Å². The second-order valence-electron chi connectivity index (χ2n) is 4.97. The first-order valence-electron chi connectivity index (χ1n) is 6.87.